The van der Waals surface area contributed by atoms with Crippen molar-refractivity contribution in [1.29, 1.82) is 0 Å². The molecule has 27 heavy (non-hydrogen) atoms. The lowest BCUT2D eigenvalue weighted by Crippen LogP contribution is -2.12. The number of nitrogens with one attached hydrogen (secondary N) is 1. The van der Waals surface area contributed by atoms with Gasteiger partial charge in [0.1, 0.15) is 10.7 Å². The number of aromatic nitrogens is 6. The summed E-state index contributed by atoms with van der Waals surface area (Å²) >= 11 is 3.01. The maximum atomic E-state index is 12.8. The van der Waals surface area contributed by atoms with Gasteiger partial charge in [0.05, 0.1) is 16.7 Å². The van der Waals surface area contributed by atoms with Crippen molar-refractivity contribution in [1.82, 2.24) is 30.2 Å². The van der Waals surface area contributed by atoms with Gasteiger partial charge in [0.2, 0.25) is 5.16 Å². The average Bonchev–Trinajstić information content (AvgIpc) is 3.26. The third-order valence-electron chi connectivity index (χ3n) is 4.57. The van der Waals surface area contributed by atoms with Crippen molar-refractivity contribution in [2.75, 3.05) is 0 Å². The molecule has 1 saturated carbocycles. The molecular weight excluding hydrogens is 380 g/mol. The molecular formula is C18H16N6OS2. The van der Waals surface area contributed by atoms with Crippen LogP contribution in [0.5, 0.6) is 0 Å². The Kier molecular flexibility index (Phi) is 4.05. The van der Waals surface area contributed by atoms with Crippen LogP contribution in [0.3, 0.4) is 0 Å². The molecule has 1 atom stereocenters. The van der Waals surface area contributed by atoms with E-state index in [9.17, 15) is 4.79 Å². The molecule has 4 aromatic rings. The van der Waals surface area contributed by atoms with E-state index < -0.39 is 0 Å². The molecule has 136 valence electrons. The van der Waals surface area contributed by atoms with Crippen molar-refractivity contribution in [3.05, 3.63) is 51.9 Å². The number of thiophene rings is 1. The van der Waals surface area contributed by atoms with Crippen molar-refractivity contribution >= 4 is 33.3 Å². The monoisotopic (exact) mass is 396 g/mol. The van der Waals surface area contributed by atoms with Crippen LogP contribution < -0.4 is 5.56 Å². The second kappa shape index (κ2) is 6.58. The minimum atomic E-state index is -0.107. The van der Waals surface area contributed by atoms with Crippen LogP contribution in [-0.2, 0) is 0 Å². The van der Waals surface area contributed by atoms with Gasteiger partial charge in [0.15, 0.2) is 0 Å². The van der Waals surface area contributed by atoms with Gasteiger partial charge in [-0.3, -0.25) is 4.79 Å². The number of aromatic amines is 1. The smallest absolute Gasteiger partial charge is 0.260 e. The summed E-state index contributed by atoms with van der Waals surface area (Å²) in [5.74, 6) is 0.643. The molecule has 0 spiro atoms. The number of hydrogen-bond donors (Lipinski definition) is 1. The third-order valence-corrected chi connectivity index (χ3v) is 6.50. The number of thioether (sulfide) groups is 1. The van der Waals surface area contributed by atoms with E-state index in [1.165, 1.54) is 23.1 Å². The lowest BCUT2D eigenvalue weighted by Gasteiger charge is -2.10. The normalized spacial score (nSPS) is 15.3. The average molecular weight is 397 g/mol. The summed E-state index contributed by atoms with van der Waals surface area (Å²) in [4.78, 5) is 21.2. The number of nitrogens with zero attached hydrogens (tertiary/aromatic N) is 5. The van der Waals surface area contributed by atoms with E-state index in [-0.39, 0.29) is 10.8 Å². The van der Waals surface area contributed by atoms with Crippen molar-refractivity contribution in [3.63, 3.8) is 0 Å². The quantitative estimate of drug-likeness (QED) is 0.516. The summed E-state index contributed by atoms with van der Waals surface area (Å²) in [6.07, 6.45) is 2.23. The zero-order chi connectivity index (χ0) is 18.4. The van der Waals surface area contributed by atoms with E-state index >= 15 is 0 Å². The summed E-state index contributed by atoms with van der Waals surface area (Å²) in [7, 11) is 0. The first-order chi connectivity index (χ1) is 13.2. The SMILES string of the molecule is C[C@H](Sc1nnnn1C1CC1)c1nc2scc(-c3ccccc3)c2c(=O)[nH]1. The first-order valence-electron chi connectivity index (χ1n) is 8.72. The van der Waals surface area contributed by atoms with Gasteiger partial charge in [-0.2, -0.15) is 0 Å². The number of H-pyrrole nitrogens is 1. The van der Waals surface area contributed by atoms with Crippen molar-refractivity contribution in [3.8, 4) is 11.1 Å². The summed E-state index contributed by atoms with van der Waals surface area (Å²) in [5, 5.41) is 15.3. The van der Waals surface area contributed by atoms with E-state index in [2.05, 4.69) is 20.5 Å². The van der Waals surface area contributed by atoms with Crippen LogP contribution in [0.15, 0.2) is 45.7 Å². The predicted molar refractivity (Wildman–Crippen MR) is 106 cm³/mol. The molecule has 3 aromatic heterocycles. The van der Waals surface area contributed by atoms with Crippen LogP contribution in [0.1, 0.15) is 36.9 Å². The Labute approximate surface area is 162 Å². The van der Waals surface area contributed by atoms with Gasteiger partial charge >= 0.3 is 0 Å². The van der Waals surface area contributed by atoms with Gasteiger partial charge in [-0.25, -0.2) is 9.67 Å². The topological polar surface area (TPSA) is 89.3 Å². The highest BCUT2D eigenvalue weighted by molar-refractivity contribution is 7.99. The minimum Gasteiger partial charge on any atom is -0.309 e. The Bertz CT molecular complexity index is 1160. The first kappa shape index (κ1) is 16.6. The Morgan fingerprint density at radius 2 is 2.11 bits per heavy atom. The molecule has 0 aliphatic heterocycles. The second-order valence-corrected chi connectivity index (χ2v) is 8.71. The standard InChI is InChI=1S/C18H16N6OS2/c1-10(27-18-21-22-23-24(18)12-7-8-12)15-19-16(25)14-13(9-26-17(14)20-15)11-5-3-2-4-6-11/h2-6,9-10,12H,7-8H2,1H3,(H,19,20,25)/t10-/m0/s1. The molecule has 0 unspecified atom stereocenters. The maximum Gasteiger partial charge on any atom is 0.260 e. The van der Waals surface area contributed by atoms with Gasteiger partial charge in [-0.05, 0) is 35.8 Å². The van der Waals surface area contributed by atoms with E-state index in [4.69, 9.17) is 4.98 Å². The molecule has 5 rings (SSSR count). The van der Waals surface area contributed by atoms with Crippen LogP contribution in [0.4, 0.5) is 0 Å². The fraction of sp³-hybridized carbons (Fsp3) is 0.278. The molecule has 9 heteroatoms. The number of tetrazole rings is 1. The van der Waals surface area contributed by atoms with Crippen molar-refractivity contribution < 1.29 is 0 Å². The van der Waals surface area contributed by atoms with Gasteiger partial charge in [-0.1, -0.05) is 42.1 Å². The molecule has 0 radical (unpaired) electrons. The largest absolute Gasteiger partial charge is 0.309 e. The van der Waals surface area contributed by atoms with Gasteiger partial charge in [-0.15, -0.1) is 16.4 Å². The number of benzene rings is 1. The first-order valence-corrected chi connectivity index (χ1v) is 10.5. The van der Waals surface area contributed by atoms with Crippen LogP contribution in [0.2, 0.25) is 0 Å². The lowest BCUT2D eigenvalue weighted by molar-refractivity contribution is 0.564. The third kappa shape index (κ3) is 3.06. The summed E-state index contributed by atoms with van der Waals surface area (Å²) in [6.45, 7) is 2.01. The fourth-order valence-corrected chi connectivity index (χ4v) is 4.89. The van der Waals surface area contributed by atoms with E-state index in [1.807, 2.05) is 47.3 Å². The molecule has 7 nitrogen and oxygen atoms in total. The Morgan fingerprint density at radius 1 is 1.30 bits per heavy atom. The van der Waals surface area contributed by atoms with Gasteiger partial charge in [0.25, 0.3) is 5.56 Å². The molecule has 1 N–H and O–H groups in total. The van der Waals surface area contributed by atoms with Gasteiger partial charge in [0, 0.05) is 10.9 Å². The zero-order valence-electron chi connectivity index (χ0n) is 14.5. The van der Waals surface area contributed by atoms with Crippen LogP contribution in [-0.4, -0.2) is 30.2 Å². The molecule has 0 amide bonds. The van der Waals surface area contributed by atoms with Crippen LogP contribution in [0, 0.1) is 0 Å². The molecule has 3 heterocycles. The highest BCUT2D eigenvalue weighted by atomic mass is 32.2. The maximum absolute atomic E-state index is 12.8. The van der Waals surface area contributed by atoms with Crippen LogP contribution >= 0.6 is 23.1 Å². The fourth-order valence-electron chi connectivity index (χ4n) is 3.01. The Morgan fingerprint density at radius 3 is 2.89 bits per heavy atom. The van der Waals surface area contributed by atoms with E-state index in [1.54, 1.807) is 0 Å². The number of hydrogen-bond acceptors (Lipinski definition) is 7. The predicted octanol–water partition coefficient (Wildman–Crippen LogP) is 3.83. The van der Waals surface area contributed by atoms with E-state index in [0.717, 1.165) is 34.0 Å². The highest BCUT2D eigenvalue weighted by Gasteiger charge is 2.29. The molecule has 1 aliphatic carbocycles. The van der Waals surface area contributed by atoms with Crippen molar-refractivity contribution in [2.24, 2.45) is 0 Å². The Balaban J connectivity index is 1.49. The van der Waals surface area contributed by atoms with Crippen LogP contribution in [0.25, 0.3) is 21.3 Å². The Hall–Kier alpha value is -2.52. The summed E-state index contributed by atoms with van der Waals surface area (Å²) in [6, 6.07) is 10.3. The van der Waals surface area contributed by atoms with Crippen molar-refractivity contribution in [2.45, 2.75) is 36.2 Å². The molecule has 1 aromatic carbocycles. The van der Waals surface area contributed by atoms with Gasteiger partial charge < -0.3 is 4.98 Å². The second-order valence-electron chi connectivity index (χ2n) is 6.54. The molecule has 1 aliphatic rings. The molecule has 1 fully saturated rings. The lowest BCUT2D eigenvalue weighted by atomic mass is 10.1. The summed E-state index contributed by atoms with van der Waals surface area (Å²) < 4.78 is 1.87. The minimum absolute atomic E-state index is 0.0622. The summed E-state index contributed by atoms with van der Waals surface area (Å²) in [5.41, 5.74) is 1.84. The number of rotatable bonds is 5. The van der Waals surface area contributed by atoms with E-state index in [0.29, 0.717) is 17.3 Å². The highest BCUT2D eigenvalue weighted by Crippen LogP contribution is 2.40. The molecule has 0 saturated heterocycles. The zero-order valence-corrected chi connectivity index (χ0v) is 16.1. The molecule has 0 bridgehead atoms. The number of fused-ring (bicyclic) bond motifs is 1.